The highest BCUT2D eigenvalue weighted by Crippen LogP contribution is 2.36. The van der Waals surface area contributed by atoms with Crippen LogP contribution < -0.4 is 0 Å². The Kier molecular flexibility index (Phi) is 2.04. The number of halogens is 2. The molecule has 0 N–H and O–H groups in total. The van der Waals surface area contributed by atoms with Crippen LogP contribution in [-0.2, 0) is 11.3 Å². The molecule has 2 rings (SSSR count). The fourth-order valence-corrected chi connectivity index (χ4v) is 2.10. The molecule has 1 aliphatic rings. The lowest BCUT2D eigenvalue weighted by molar-refractivity contribution is 0.131. The van der Waals surface area contributed by atoms with Gasteiger partial charge in [0, 0.05) is 4.47 Å². The highest BCUT2D eigenvalue weighted by molar-refractivity contribution is 9.10. The maximum absolute atomic E-state index is 5.37. The van der Waals surface area contributed by atoms with E-state index in [0.717, 1.165) is 11.1 Å². The molecule has 1 atom stereocenters. The van der Waals surface area contributed by atoms with Crippen molar-refractivity contribution >= 4 is 31.9 Å². The summed E-state index contributed by atoms with van der Waals surface area (Å²) >= 11 is 6.84. The van der Waals surface area contributed by atoms with Gasteiger partial charge >= 0.3 is 0 Å². The lowest BCUT2D eigenvalue weighted by Crippen LogP contribution is -1.83. The van der Waals surface area contributed by atoms with Gasteiger partial charge in [0.25, 0.3) is 0 Å². The van der Waals surface area contributed by atoms with E-state index in [4.69, 9.17) is 4.74 Å². The second kappa shape index (κ2) is 2.88. The van der Waals surface area contributed by atoms with Gasteiger partial charge < -0.3 is 4.74 Å². The number of hydrogen-bond donors (Lipinski definition) is 0. The van der Waals surface area contributed by atoms with Gasteiger partial charge in [0.2, 0.25) is 0 Å². The fraction of sp³-hybridized carbons (Fsp3) is 0.250. The van der Waals surface area contributed by atoms with Crippen molar-refractivity contribution in [1.82, 2.24) is 0 Å². The van der Waals surface area contributed by atoms with E-state index in [2.05, 4.69) is 44.0 Å². The summed E-state index contributed by atoms with van der Waals surface area (Å²) in [6, 6.07) is 6.20. The van der Waals surface area contributed by atoms with Crippen LogP contribution in [0.4, 0.5) is 0 Å². The van der Waals surface area contributed by atoms with Gasteiger partial charge in [-0.3, -0.25) is 0 Å². The summed E-state index contributed by atoms with van der Waals surface area (Å²) in [6.07, 6.45) is 0. The molecule has 58 valence electrons. The quantitative estimate of drug-likeness (QED) is 0.661. The molecule has 1 aromatic carbocycles. The van der Waals surface area contributed by atoms with Crippen molar-refractivity contribution in [2.75, 3.05) is 0 Å². The molecule has 1 aromatic rings. The summed E-state index contributed by atoms with van der Waals surface area (Å²) in [5, 5.41) is 0.0787. The topological polar surface area (TPSA) is 9.23 Å². The standard InChI is InChI=1S/C8H6Br2O/c9-6-2-1-5-4-11-8(10)7(5)3-6/h1-3,8H,4H2. The molecule has 0 fully saturated rings. The number of fused-ring (bicyclic) bond motifs is 1. The Hall–Kier alpha value is 0.140. The van der Waals surface area contributed by atoms with E-state index >= 15 is 0 Å². The third-order valence-electron chi connectivity index (χ3n) is 1.74. The molecule has 0 saturated carbocycles. The Morgan fingerprint density at radius 2 is 2.27 bits per heavy atom. The van der Waals surface area contributed by atoms with Gasteiger partial charge in [-0.2, -0.15) is 0 Å². The van der Waals surface area contributed by atoms with Crippen LogP contribution in [0.1, 0.15) is 16.1 Å². The molecular formula is C8H6Br2O. The van der Waals surface area contributed by atoms with Crippen LogP contribution >= 0.6 is 31.9 Å². The normalized spacial score (nSPS) is 21.8. The van der Waals surface area contributed by atoms with Gasteiger partial charge in [0.1, 0.15) is 5.01 Å². The third-order valence-corrected chi connectivity index (χ3v) is 2.99. The van der Waals surface area contributed by atoms with Gasteiger partial charge in [-0.25, -0.2) is 0 Å². The molecule has 0 bridgehead atoms. The Bertz CT molecular complexity index is 285. The molecule has 1 heterocycles. The lowest BCUT2D eigenvalue weighted by Gasteiger charge is -2.00. The van der Waals surface area contributed by atoms with Crippen LogP contribution in [0.3, 0.4) is 0 Å². The number of ether oxygens (including phenoxy) is 1. The minimum atomic E-state index is 0.0787. The second-order valence-corrected chi connectivity index (χ2v) is 4.22. The zero-order valence-electron chi connectivity index (χ0n) is 5.68. The molecule has 1 nitrogen and oxygen atoms in total. The van der Waals surface area contributed by atoms with E-state index in [1.165, 1.54) is 11.1 Å². The van der Waals surface area contributed by atoms with Crippen molar-refractivity contribution < 1.29 is 4.74 Å². The Morgan fingerprint density at radius 1 is 1.45 bits per heavy atom. The van der Waals surface area contributed by atoms with Crippen molar-refractivity contribution in [3.8, 4) is 0 Å². The number of rotatable bonds is 0. The Morgan fingerprint density at radius 3 is 3.09 bits per heavy atom. The first-order valence-corrected chi connectivity index (χ1v) is 5.02. The lowest BCUT2D eigenvalue weighted by atomic mass is 10.1. The Balaban J connectivity index is 2.52. The fourth-order valence-electron chi connectivity index (χ4n) is 1.16. The van der Waals surface area contributed by atoms with E-state index in [0.29, 0.717) is 0 Å². The summed E-state index contributed by atoms with van der Waals surface area (Å²) < 4.78 is 6.48. The van der Waals surface area contributed by atoms with E-state index < -0.39 is 0 Å². The van der Waals surface area contributed by atoms with Crippen LogP contribution in [-0.4, -0.2) is 0 Å². The maximum Gasteiger partial charge on any atom is 0.138 e. The molecule has 0 amide bonds. The molecule has 0 aromatic heterocycles. The van der Waals surface area contributed by atoms with Crippen molar-refractivity contribution in [3.05, 3.63) is 33.8 Å². The van der Waals surface area contributed by atoms with Gasteiger partial charge in [0.15, 0.2) is 0 Å². The van der Waals surface area contributed by atoms with E-state index in [1.807, 2.05) is 6.07 Å². The summed E-state index contributed by atoms with van der Waals surface area (Å²) in [5.41, 5.74) is 2.51. The van der Waals surface area contributed by atoms with Gasteiger partial charge in [-0.05, 0) is 23.3 Å². The molecule has 11 heavy (non-hydrogen) atoms. The van der Waals surface area contributed by atoms with E-state index in [1.54, 1.807) is 0 Å². The van der Waals surface area contributed by atoms with Gasteiger partial charge in [-0.15, -0.1) is 0 Å². The van der Waals surface area contributed by atoms with Gasteiger partial charge in [0.05, 0.1) is 6.61 Å². The molecule has 0 radical (unpaired) electrons. The predicted octanol–water partition coefficient (Wildman–Crippen LogP) is 3.37. The molecule has 1 aliphatic heterocycles. The first kappa shape index (κ1) is 7.77. The van der Waals surface area contributed by atoms with Crippen LogP contribution in [0.15, 0.2) is 22.7 Å². The highest BCUT2D eigenvalue weighted by Gasteiger charge is 2.19. The van der Waals surface area contributed by atoms with Crippen molar-refractivity contribution in [2.24, 2.45) is 0 Å². The zero-order valence-corrected chi connectivity index (χ0v) is 8.85. The minimum absolute atomic E-state index is 0.0787. The maximum atomic E-state index is 5.37. The molecule has 3 heteroatoms. The predicted molar refractivity (Wildman–Crippen MR) is 50.6 cm³/mol. The molecule has 0 saturated heterocycles. The summed E-state index contributed by atoms with van der Waals surface area (Å²) in [4.78, 5) is 0. The summed E-state index contributed by atoms with van der Waals surface area (Å²) in [6.45, 7) is 0.721. The average molecular weight is 278 g/mol. The first-order valence-electron chi connectivity index (χ1n) is 3.31. The van der Waals surface area contributed by atoms with Crippen LogP contribution in [0.5, 0.6) is 0 Å². The number of alkyl halides is 1. The van der Waals surface area contributed by atoms with Crippen molar-refractivity contribution in [2.45, 2.75) is 11.6 Å². The zero-order chi connectivity index (χ0) is 7.84. The van der Waals surface area contributed by atoms with E-state index in [-0.39, 0.29) is 5.01 Å². The molecule has 0 spiro atoms. The largest absolute Gasteiger partial charge is 0.358 e. The van der Waals surface area contributed by atoms with Gasteiger partial charge in [-0.1, -0.05) is 37.9 Å². The Labute approximate surface area is 82.0 Å². The smallest absolute Gasteiger partial charge is 0.138 e. The molecular weight excluding hydrogens is 272 g/mol. The van der Waals surface area contributed by atoms with Crippen LogP contribution in [0, 0.1) is 0 Å². The second-order valence-electron chi connectivity index (χ2n) is 2.47. The van der Waals surface area contributed by atoms with Crippen LogP contribution in [0.2, 0.25) is 0 Å². The first-order chi connectivity index (χ1) is 5.27. The highest BCUT2D eigenvalue weighted by atomic mass is 79.9. The summed E-state index contributed by atoms with van der Waals surface area (Å²) in [5.74, 6) is 0. The third kappa shape index (κ3) is 1.37. The average Bonchev–Trinajstić information content (AvgIpc) is 2.33. The SMILES string of the molecule is Brc1ccc2c(c1)C(Br)OC2. The number of hydrogen-bond acceptors (Lipinski definition) is 1. The van der Waals surface area contributed by atoms with Crippen molar-refractivity contribution in [3.63, 3.8) is 0 Å². The molecule has 1 unspecified atom stereocenters. The monoisotopic (exact) mass is 276 g/mol. The molecule has 0 aliphatic carbocycles. The van der Waals surface area contributed by atoms with Crippen molar-refractivity contribution in [1.29, 1.82) is 0 Å². The van der Waals surface area contributed by atoms with Crippen LogP contribution in [0.25, 0.3) is 0 Å². The summed E-state index contributed by atoms with van der Waals surface area (Å²) in [7, 11) is 0. The minimum Gasteiger partial charge on any atom is -0.358 e. The van der Waals surface area contributed by atoms with E-state index in [9.17, 15) is 0 Å². The number of benzene rings is 1.